The van der Waals surface area contributed by atoms with Crippen molar-refractivity contribution in [1.29, 1.82) is 0 Å². The van der Waals surface area contributed by atoms with E-state index in [1.54, 1.807) is 25.3 Å². The molecular weight excluding hydrogens is 272 g/mol. The summed E-state index contributed by atoms with van der Waals surface area (Å²) < 4.78 is 16.6. The minimum Gasteiger partial charge on any atom is -0.541 e. The van der Waals surface area contributed by atoms with Crippen molar-refractivity contribution in [2.24, 2.45) is 0 Å². The number of hydrogen-bond acceptors (Lipinski definition) is 4. The van der Waals surface area contributed by atoms with Gasteiger partial charge in [0, 0.05) is 13.0 Å². The van der Waals surface area contributed by atoms with E-state index in [1.807, 2.05) is 0 Å². The fraction of sp³-hybridized carbons (Fsp3) is 0.533. The summed E-state index contributed by atoms with van der Waals surface area (Å²) in [7, 11) is -0.356. The number of rotatable bonds is 4. The van der Waals surface area contributed by atoms with Crippen molar-refractivity contribution in [2.45, 2.75) is 45.8 Å². The molecule has 1 aromatic rings. The molecular formula is C15H24O4Si. The molecule has 0 fully saturated rings. The molecule has 0 heterocycles. The van der Waals surface area contributed by atoms with Crippen LogP contribution in [0.15, 0.2) is 18.2 Å². The zero-order valence-corrected chi connectivity index (χ0v) is 14.4. The summed E-state index contributed by atoms with van der Waals surface area (Å²) in [6.07, 6.45) is 0. The number of hydrogen-bond donors (Lipinski definition) is 0. The molecule has 5 heteroatoms. The second-order valence-electron chi connectivity index (χ2n) is 6.27. The van der Waals surface area contributed by atoms with Crippen LogP contribution < -0.4 is 13.9 Å². The number of methoxy groups -OCH3 is 1. The van der Waals surface area contributed by atoms with Crippen LogP contribution in [-0.4, -0.2) is 21.4 Å². The molecule has 0 aromatic heterocycles. The molecule has 112 valence electrons. The van der Waals surface area contributed by atoms with E-state index >= 15 is 0 Å². The van der Waals surface area contributed by atoms with E-state index in [0.717, 1.165) is 0 Å². The molecule has 0 radical (unpaired) electrons. The van der Waals surface area contributed by atoms with Gasteiger partial charge in [0.05, 0.1) is 7.11 Å². The van der Waals surface area contributed by atoms with Gasteiger partial charge in [0.15, 0.2) is 5.75 Å². The first-order chi connectivity index (χ1) is 9.06. The van der Waals surface area contributed by atoms with Crippen molar-refractivity contribution in [1.82, 2.24) is 0 Å². The predicted molar refractivity (Wildman–Crippen MR) is 82.1 cm³/mol. The predicted octanol–water partition coefficient (Wildman–Crippen LogP) is 4.00. The maximum atomic E-state index is 11.0. The largest absolute Gasteiger partial charge is 0.541 e. The van der Waals surface area contributed by atoms with Crippen LogP contribution in [0.25, 0.3) is 0 Å². The van der Waals surface area contributed by atoms with Crippen LogP contribution in [0, 0.1) is 0 Å². The van der Waals surface area contributed by atoms with Crippen LogP contribution in [0.5, 0.6) is 17.2 Å². The Hall–Kier alpha value is -1.49. The first-order valence-electron chi connectivity index (χ1n) is 6.62. The van der Waals surface area contributed by atoms with E-state index in [4.69, 9.17) is 13.9 Å². The number of ether oxygens (including phenoxy) is 2. The maximum Gasteiger partial charge on any atom is 0.308 e. The molecule has 20 heavy (non-hydrogen) atoms. The van der Waals surface area contributed by atoms with Crippen molar-refractivity contribution < 1.29 is 18.7 Å². The third-order valence-electron chi connectivity index (χ3n) is 3.57. The van der Waals surface area contributed by atoms with Crippen LogP contribution >= 0.6 is 0 Å². The maximum absolute atomic E-state index is 11.0. The number of benzene rings is 1. The summed E-state index contributed by atoms with van der Waals surface area (Å²) in [6, 6.07) is 5.17. The van der Waals surface area contributed by atoms with Crippen molar-refractivity contribution >= 4 is 14.3 Å². The summed E-state index contributed by atoms with van der Waals surface area (Å²) in [5.41, 5.74) is 0. The summed E-state index contributed by atoms with van der Waals surface area (Å²) in [5.74, 6) is 1.37. The van der Waals surface area contributed by atoms with Crippen molar-refractivity contribution in [3.63, 3.8) is 0 Å². The zero-order chi connectivity index (χ0) is 15.6. The van der Waals surface area contributed by atoms with Crippen LogP contribution in [0.2, 0.25) is 18.1 Å². The summed E-state index contributed by atoms with van der Waals surface area (Å²) in [4.78, 5) is 11.0. The molecule has 0 unspecified atom stereocenters. The van der Waals surface area contributed by atoms with Gasteiger partial charge in [-0.3, -0.25) is 4.79 Å². The Balaban J connectivity index is 3.05. The van der Waals surface area contributed by atoms with Gasteiger partial charge in [0.25, 0.3) is 8.32 Å². The lowest BCUT2D eigenvalue weighted by Gasteiger charge is -2.36. The zero-order valence-electron chi connectivity index (χ0n) is 13.4. The van der Waals surface area contributed by atoms with Crippen molar-refractivity contribution in [3.8, 4) is 17.2 Å². The minimum absolute atomic E-state index is 0.104. The van der Waals surface area contributed by atoms with Gasteiger partial charge in [0.2, 0.25) is 0 Å². The fourth-order valence-electron chi connectivity index (χ4n) is 1.39. The van der Waals surface area contributed by atoms with Gasteiger partial charge in [-0.25, -0.2) is 0 Å². The minimum atomic E-state index is -1.93. The highest BCUT2D eigenvalue weighted by Crippen LogP contribution is 2.40. The van der Waals surface area contributed by atoms with Gasteiger partial charge in [0.1, 0.15) is 11.5 Å². The van der Waals surface area contributed by atoms with E-state index in [-0.39, 0.29) is 11.0 Å². The SMILES string of the molecule is COc1cc(OC(C)=O)ccc1O[Si](C)(C)C(C)(C)C. The molecule has 0 spiro atoms. The smallest absolute Gasteiger partial charge is 0.308 e. The van der Waals surface area contributed by atoms with Gasteiger partial charge >= 0.3 is 5.97 Å². The van der Waals surface area contributed by atoms with Gasteiger partial charge in [-0.05, 0) is 30.3 Å². The highest BCUT2D eigenvalue weighted by Gasteiger charge is 2.39. The van der Waals surface area contributed by atoms with E-state index in [2.05, 4.69) is 33.9 Å². The lowest BCUT2D eigenvalue weighted by Crippen LogP contribution is -2.43. The molecule has 1 aromatic carbocycles. The quantitative estimate of drug-likeness (QED) is 0.478. The molecule has 0 amide bonds. The molecule has 0 N–H and O–H groups in total. The molecule has 0 aliphatic carbocycles. The van der Waals surface area contributed by atoms with Crippen molar-refractivity contribution in [2.75, 3.05) is 7.11 Å². The Kier molecular flexibility index (Phi) is 4.86. The highest BCUT2D eigenvalue weighted by molar-refractivity contribution is 6.74. The average molecular weight is 296 g/mol. The third-order valence-corrected chi connectivity index (χ3v) is 7.91. The molecule has 0 bridgehead atoms. The Morgan fingerprint density at radius 3 is 2.20 bits per heavy atom. The van der Waals surface area contributed by atoms with E-state index < -0.39 is 8.32 Å². The number of esters is 1. The lowest BCUT2D eigenvalue weighted by molar-refractivity contribution is -0.131. The topological polar surface area (TPSA) is 44.8 Å². The molecule has 0 aliphatic heterocycles. The van der Waals surface area contributed by atoms with Gasteiger partial charge < -0.3 is 13.9 Å². The standard InChI is InChI=1S/C15H24O4Si/c1-11(16)18-12-8-9-13(14(10-12)17-5)19-20(6,7)15(2,3)4/h8-10H,1-7H3. The van der Waals surface area contributed by atoms with E-state index in [0.29, 0.717) is 17.2 Å². The van der Waals surface area contributed by atoms with Gasteiger partial charge in [-0.1, -0.05) is 20.8 Å². The number of carbonyl (C=O) groups is 1. The molecule has 0 aliphatic rings. The lowest BCUT2D eigenvalue weighted by atomic mass is 10.2. The Morgan fingerprint density at radius 1 is 1.15 bits per heavy atom. The van der Waals surface area contributed by atoms with Crippen LogP contribution in [0.1, 0.15) is 27.7 Å². The van der Waals surface area contributed by atoms with Crippen molar-refractivity contribution in [3.05, 3.63) is 18.2 Å². The van der Waals surface area contributed by atoms with E-state index in [1.165, 1.54) is 6.92 Å². The summed E-state index contributed by atoms with van der Waals surface area (Å²) in [6.45, 7) is 12.3. The summed E-state index contributed by atoms with van der Waals surface area (Å²) in [5, 5.41) is 0.104. The van der Waals surface area contributed by atoms with Crippen LogP contribution in [0.4, 0.5) is 0 Å². The summed E-state index contributed by atoms with van der Waals surface area (Å²) >= 11 is 0. The molecule has 0 saturated carbocycles. The molecule has 0 saturated heterocycles. The Labute approximate surface area is 122 Å². The molecule has 4 nitrogen and oxygen atoms in total. The molecule has 1 rings (SSSR count). The van der Waals surface area contributed by atoms with Crippen LogP contribution in [0.3, 0.4) is 0 Å². The third kappa shape index (κ3) is 4.00. The first-order valence-corrected chi connectivity index (χ1v) is 9.53. The monoisotopic (exact) mass is 296 g/mol. The number of carbonyl (C=O) groups excluding carboxylic acids is 1. The first kappa shape index (κ1) is 16.6. The average Bonchev–Trinajstić information content (AvgIpc) is 2.28. The second-order valence-corrected chi connectivity index (χ2v) is 11.0. The Morgan fingerprint density at radius 2 is 1.75 bits per heavy atom. The highest BCUT2D eigenvalue weighted by atomic mass is 28.4. The van der Waals surface area contributed by atoms with Gasteiger partial charge in [-0.15, -0.1) is 0 Å². The normalized spacial score (nSPS) is 11.9. The second kappa shape index (κ2) is 5.87. The fourth-order valence-corrected chi connectivity index (χ4v) is 2.41. The van der Waals surface area contributed by atoms with Gasteiger partial charge in [-0.2, -0.15) is 0 Å². The van der Waals surface area contributed by atoms with E-state index in [9.17, 15) is 4.79 Å². The van der Waals surface area contributed by atoms with Crippen LogP contribution in [-0.2, 0) is 4.79 Å². The molecule has 0 atom stereocenters. The Bertz CT molecular complexity index is 489.